The Morgan fingerprint density at radius 3 is 2.45 bits per heavy atom. The maximum Gasteiger partial charge on any atom is 0.269 e. The Labute approximate surface area is 194 Å². The van der Waals surface area contributed by atoms with Crippen molar-refractivity contribution in [3.63, 3.8) is 0 Å². The summed E-state index contributed by atoms with van der Waals surface area (Å²) in [6.45, 7) is 0. The summed E-state index contributed by atoms with van der Waals surface area (Å²) in [4.78, 5) is 35.7. The zero-order chi connectivity index (χ0) is 22.6. The first kappa shape index (κ1) is 20.8. The van der Waals surface area contributed by atoms with Gasteiger partial charge in [-0.1, -0.05) is 54.2 Å². The van der Waals surface area contributed by atoms with Gasteiger partial charge in [-0.3, -0.25) is 20.4 Å². The fraction of sp³-hybridized carbons (Fsp3) is 0.0800. The summed E-state index contributed by atoms with van der Waals surface area (Å²) < 4.78 is 0. The molecule has 8 heteroatoms. The van der Waals surface area contributed by atoms with Crippen molar-refractivity contribution in [2.75, 3.05) is 0 Å². The highest BCUT2D eigenvalue weighted by atomic mass is 32.2. The van der Waals surface area contributed by atoms with Gasteiger partial charge in [0.05, 0.1) is 17.5 Å². The molecule has 164 valence electrons. The molecule has 0 atom stereocenters. The van der Waals surface area contributed by atoms with Gasteiger partial charge < -0.3 is 9.97 Å². The lowest BCUT2D eigenvalue weighted by atomic mass is 10.1. The molecule has 2 aromatic heterocycles. The molecular formula is C25H21N5O2S. The second-order valence-electron chi connectivity index (χ2n) is 7.58. The van der Waals surface area contributed by atoms with Gasteiger partial charge in [-0.15, -0.1) is 0 Å². The van der Waals surface area contributed by atoms with Gasteiger partial charge in [-0.2, -0.15) is 0 Å². The third-order valence-electron chi connectivity index (χ3n) is 5.30. The minimum Gasteiger partial charge on any atom is -0.361 e. The van der Waals surface area contributed by atoms with Crippen molar-refractivity contribution in [1.82, 2.24) is 25.8 Å². The minimum absolute atomic E-state index is 0.169. The number of carbonyl (C=O) groups is 2. The Kier molecular flexibility index (Phi) is 5.82. The summed E-state index contributed by atoms with van der Waals surface area (Å²) in [5, 5.41) is 1.85. The van der Waals surface area contributed by atoms with Crippen LogP contribution in [0.2, 0.25) is 0 Å². The quantitative estimate of drug-likeness (QED) is 0.226. The molecule has 2 heterocycles. The Hall–Kier alpha value is -4.04. The van der Waals surface area contributed by atoms with Crippen LogP contribution in [0, 0.1) is 0 Å². The average molecular weight is 456 g/mol. The van der Waals surface area contributed by atoms with E-state index in [1.54, 1.807) is 23.9 Å². The number of fused-ring (bicyclic) bond motifs is 2. The Balaban J connectivity index is 1.13. The maximum absolute atomic E-state index is 12.4. The monoisotopic (exact) mass is 455 g/mol. The topological polar surface area (TPSA) is 103 Å². The Bertz CT molecular complexity index is 1410. The molecule has 0 bridgehead atoms. The molecule has 2 amide bonds. The highest BCUT2D eigenvalue weighted by Crippen LogP contribution is 2.23. The predicted octanol–water partition coefficient (Wildman–Crippen LogP) is 4.34. The summed E-state index contributed by atoms with van der Waals surface area (Å²) in [5.41, 5.74) is 10.3. The van der Waals surface area contributed by atoms with E-state index in [0.717, 1.165) is 44.0 Å². The maximum atomic E-state index is 12.4. The number of hydrogen-bond donors (Lipinski definition) is 4. The highest BCUT2D eigenvalue weighted by Gasteiger charge is 2.11. The van der Waals surface area contributed by atoms with Crippen LogP contribution in [0.4, 0.5) is 0 Å². The summed E-state index contributed by atoms with van der Waals surface area (Å²) in [5.74, 6) is 0.0778. The lowest BCUT2D eigenvalue weighted by molar-refractivity contribution is -0.121. The van der Waals surface area contributed by atoms with Gasteiger partial charge in [0, 0.05) is 28.4 Å². The largest absolute Gasteiger partial charge is 0.361 e. The van der Waals surface area contributed by atoms with Crippen LogP contribution in [0.25, 0.3) is 21.9 Å². The number of benzene rings is 3. The van der Waals surface area contributed by atoms with Gasteiger partial charge in [0.2, 0.25) is 5.91 Å². The number of nitrogens with zero attached hydrogens (tertiary/aromatic N) is 1. The van der Waals surface area contributed by atoms with E-state index in [2.05, 4.69) is 25.8 Å². The molecule has 0 fully saturated rings. The molecule has 4 N–H and O–H groups in total. The number of nitrogens with one attached hydrogen (secondary N) is 4. The molecule has 5 rings (SSSR count). The van der Waals surface area contributed by atoms with Gasteiger partial charge in [-0.05, 0) is 41.5 Å². The number of imidazole rings is 1. The lowest BCUT2D eigenvalue weighted by Gasteiger charge is -2.08. The SMILES string of the molecule is O=C(Cc1c[nH]c2ccccc12)NNC(=O)c1ccc(CSc2nc3ccccc3[nH]2)cc1. The molecular weight excluding hydrogens is 434 g/mol. The summed E-state index contributed by atoms with van der Waals surface area (Å²) >= 11 is 1.60. The van der Waals surface area contributed by atoms with Crippen molar-refractivity contribution >= 4 is 45.5 Å². The van der Waals surface area contributed by atoms with Crippen LogP contribution in [-0.4, -0.2) is 26.8 Å². The van der Waals surface area contributed by atoms with Crippen molar-refractivity contribution in [1.29, 1.82) is 0 Å². The summed E-state index contributed by atoms with van der Waals surface area (Å²) in [7, 11) is 0. The van der Waals surface area contributed by atoms with Gasteiger partial charge in [0.1, 0.15) is 0 Å². The number of para-hydroxylation sites is 3. The third kappa shape index (κ3) is 4.75. The molecule has 5 aromatic rings. The number of amides is 2. The van der Waals surface area contributed by atoms with E-state index in [1.165, 1.54) is 0 Å². The van der Waals surface area contributed by atoms with E-state index in [9.17, 15) is 9.59 Å². The van der Waals surface area contributed by atoms with Crippen molar-refractivity contribution in [2.24, 2.45) is 0 Å². The third-order valence-corrected chi connectivity index (χ3v) is 6.25. The number of carbonyl (C=O) groups excluding carboxylic acids is 2. The van der Waals surface area contributed by atoms with Crippen LogP contribution < -0.4 is 10.9 Å². The van der Waals surface area contributed by atoms with E-state index < -0.39 is 0 Å². The van der Waals surface area contributed by atoms with Crippen LogP contribution in [0.3, 0.4) is 0 Å². The van der Waals surface area contributed by atoms with E-state index in [4.69, 9.17) is 0 Å². The van der Waals surface area contributed by atoms with Gasteiger partial charge in [0.15, 0.2) is 5.16 Å². The fourth-order valence-corrected chi connectivity index (χ4v) is 4.44. The number of thioether (sulfide) groups is 1. The fourth-order valence-electron chi connectivity index (χ4n) is 3.60. The highest BCUT2D eigenvalue weighted by molar-refractivity contribution is 7.98. The molecule has 3 aromatic carbocycles. The van der Waals surface area contributed by atoms with Crippen LogP contribution >= 0.6 is 11.8 Å². The molecule has 33 heavy (non-hydrogen) atoms. The normalized spacial score (nSPS) is 11.0. The van der Waals surface area contributed by atoms with Crippen LogP contribution in [-0.2, 0) is 17.0 Å². The number of hydrazine groups is 1. The smallest absolute Gasteiger partial charge is 0.269 e. The number of rotatable bonds is 6. The second-order valence-corrected chi connectivity index (χ2v) is 8.55. The summed E-state index contributed by atoms with van der Waals surface area (Å²) in [6, 6.07) is 23.0. The van der Waals surface area contributed by atoms with Gasteiger partial charge in [0.25, 0.3) is 5.91 Å². The van der Waals surface area contributed by atoms with Crippen LogP contribution in [0.5, 0.6) is 0 Å². The van der Waals surface area contributed by atoms with Gasteiger partial charge in [-0.25, -0.2) is 4.98 Å². The predicted molar refractivity (Wildman–Crippen MR) is 130 cm³/mol. The van der Waals surface area contributed by atoms with Crippen molar-refractivity contribution in [3.05, 3.63) is 95.7 Å². The number of aromatic nitrogens is 3. The first-order valence-corrected chi connectivity index (χ1v) is 11.4. The Morgan fingerprint density at radius 2 is 1.64 bits per heavy atom. The summed E-state index contributed by atoms with van der Waals surface area (Å²) in [6.07, 6.45) is 1.98. The first-order chi connectivity index (χ1) is 16.2. The van der Waals surface area contributed by atoms with E-state index in [1.807, 2.05) is 66.9 Å². The van der Waals surface area contributed by atoms with E-state index >= 15 is 0 Å². The lowest BCUT2D eigenvalue weighted by Crippen LogP contribution is -2.42. The van der Waals surface area contributed by atoms with Crippen LogP contribution in [0.1, 0.15) is 21.5 Å². The van der Waals surface area contributed by atoms with Crippen molar-refractivity contribution < 1.29 is 9.59 Å². The molecule has 0 aliphatic heterocycles. The molecule has 0 unspecified atom stereocenters. The van der Waals surface area contributed by atoms with Crippen LogP contribution in [0.15, 0.2) is 84.1 Å². The zero-order valence-corrected chi connectivity index (χ0v) is 18.4. The van der Waals surface area contributed by atoms with Crippen molar-refractivity contribution in [3.8, 4) is 0 Å². The molecule has 0 saturated heterocycles. The molecule has 0 spiro atoms. The molecule has 7 nitrogen and oxygen atoms in total. The number of aromatic amines is 2. The van der Waals surface area contributed by atoms with Gasteiger partial charge >= 0.3 is 0 Å². The Morgan fingerprint density at radius 1 is 0.879 bits per heavy atom. The van der Waals surface area contributed by atoms with E-state index in [-0.39, 0.29) is 18.2 Å². The zero-order valence-electron chi connectivity index (χ0n) is 17.6. The molecule has 0 radical (unpaired) electrons. The first-order valence-electron chi connectivity index (χ1n) is 10.5. The molecule has 0 aliphatic rings. The molecule has 0 aliphatic carbocycles. The minimum atomic E-state index is -0.362. The second kappa shape index (κ2) is 9.22. The molecule has 0 saturated carbocycles. The standard InChI is InChI=1S/C25H21N5O2S/c31-23(13-18-14-26-20-6-2-1-5-19(18)20)29-30-24(32)17-11-9-16(10-12-17)15-33-25-27-21-7-3-4-8-22(21)28-25/h1-12,14,26H,13,15H2,(H,27,28)(H,29,31)(H,30,32). The van der Waals surface area contributed by atoms with Crippen molar-refractivity contribution in [2.45, 2.75) is 17.3 Å². The number of hydrogen-bond acceptors (Lipinski definition) is 4. The van der Waals surface area contributed by atoms with E-state index in [0.29, 0.717) is 5.56 Å². The average Bonchev–Trinajstić information content (AvgIpc) is 3.45. The number of H-pyrrole nitrogens is 2.